The highest BCUT2D eigenvalue weighted by molar-refractivity contribution is 6.33. The molecule has 0 aliphatic carbocycles. The minimum absolute atomic E-state index is 0.0668. The van der Waals surface area contributed by atoms with E-state index in [1.165, 1.54) is 6.07 Å². The number of benzene rings is 2. The van der Waals surface area contributed by atoms with Crippen LogP contribution in [-0.4, -0.2) is 6.29 Å². The minimum Gasteiger partial charge on any atom is -0.298 e. The van der Waals surface area contributed by atoms with Gasteiger partial charge < -0.3 is 0 Å². The second-order valence-corrected chi connectivity index (χ2v) is 4.00. The van der Waals surface area contributed by atoms with Crippen molar-refractivity contribution in [3.05, 3.63) is 58.4 Å². The van der Waals surface area contributed by atoms with E-state index in [1.54, 1.807) is 0 Å². The van der Waals surface area contributed by atoms with E-state index in [0.717, 1.165) is 24.3 Å². The summed E-state index contributed by atoms with van der Waals surface area (Å²) in [6, 6.07) is 5.00. The van der Waals surface area contributed by atoms with Gasteiger partial charge in [0.2, 0.25) is 0 Å². The molecule has 0 heterocycles. The Morgan fingerprint density at radius 1 is 0.944 bits per heavy atom. The van der Waals surface area contributed by atoms with Gasteiger partial charge in [0.1, 0.15) is 5.82 Å². The van der Waals surface area contributed by atoms with Crippen molar-refractivity contribution in [3.8, 4) is 11.1 Å². The van der Waals surface area contributed by atoms with Crippen molar-refractivity contribution in [2.75, 3.05) is 0 Å². The molecular formula is C13H6ClF3O. The molecular weight excluding hydrogens is 265 g/mol. The van der Waals surface area contributed by atoms with Gasteiger partial charge in [-0.05, 0) is 35.9 Å². The van der Waals surface area contributed by atoms with Crippen molar-refractivity contribution in [1.29, 1.82) is 0 Å². The SMILES string of the molecule is O=Cc1ccc(F)cc1-c1cc(F)c(F)cc1Cl. The molecule has 0 spiro atoms. The molecule has 1 nitrogen and oxygen atoms in total. The van der Waals surface area contributed by atoms with Crippen LogP contribution in [0.25, 0.3) is 11.1 Å². The maximum absolute atomic E-state index is 13.2. The van der Waals surface area contributed by atoms with Crippen molar-refractivity contribution < 1.29 is 18.0 Å². The van der Waals surface area contributed by atoms with Crippen molar-refractivity contribution in [2.45, 2.75) is 0 Å². The summed E-state index contributed by atoms with van der Waals surface area (Å²) in [7, 11) is 0. The maximum Gasteiger partial charge on any atom is 0.160 e. The van der Waals surface area contributed by atoms with Crippen LogP contribution < -0.4 is 0 Å². The summed E-state index contributed by atoms with van der Waals surface area (Å²) in [6.07, 6.45) is 0.492. The van der Waals surface area contributed by atoms with E-state index in [2.05, 4.69) is 0 Å². The van der Waals surface area contributed by atoms with Crippen LogP contribution in [0.5, 0.6) is 0 Å². The lowest BCUT2D eigenvalue weighted by Crippen LogP contribution is -1.93. The van der Waals surface area contributed by atoms with Gasteiger partial charge in [-0.15, -0.1) is 0 Å². The quantitative estimate of drug-likeness (QED) is 0.589. The zero-order chi connectivity index (χ0) is 13.3. The van der Waals surface area contributed by atoms with E-state index in [4.69, 9.17) is 11.6 Å². The van der Waals surface area contributed by atoms with Crippen LogP contribution in [0.3, 0.4) is 0 Å². The summed E-state index contributed by atoms with van der Waals surface area (Å²) in [5, 5.41) is -0.0948. The van der Waals surface area contributed by atoms with Crippen LogP contribution in [0, 0.1) is 17.5 Å². The largest absolute Gasteiger partial charge is 0.298 e. The molecule has 0 bridgehead atoms. The third kappa shape index (κ3) is 2.24. The highest BCUT2D eigenvalue weighted by Crippen LogP contribution is 2.32. The standard InChI is InChI=1S/C13H6ClF3O/c14-11-5-13(17)12(16)4-10(11)9-3-8(15)2-1-7(9)6-18/h1-6H. The molecule has 0 aliphatic rings. The average molecular weight is 271 g/mol. The van der Waals surface area contributed by atoms with Gasteiger partial charge in [0.25, 0.3) is 0 Å². The Hall–Kier alpha value is -1.81. The predicted octanol–water partition coefficient (Wildman–Crippen LogP) is 4.24. The second-order valence-electron chi connectivity index (χ2n) is 3.60. The lowest BCUT2D eigenvalue weighted by molar-refractivity contribution is 0.112. The molecule has 2 rings (SSSR count). The summed E-state index contributed by atoms with van der Waals surface area (Å²) in [4.78, 5) is 10.8. The zero-order valence-corrected chi connectivity index (χ0v) is 9.64. The summed E-state index contributed by atoms with van der Waals surface area (Å²) in [5.74, 6) is -2.82. The van der Waals surface area contributed by atoms with Gasteiger partial charge in [0.15, 0.2) is 17.9 Å². The zero-order valence-electron chi connectivity index (χ0n) is 8.88. The van der Waals surface area contributed by atoms with E-state index in [-0.39, 0.29) is 21.7 Å². The van der Waals surface area contributed by atoms with Crippen LogP contribution in [0.15, 0.2) is 30.3 Å². The first-order chi connectivity index (χ1) is 8.52. The highest BCUT2D eigenvalue weighted by atomic mass is 35.5. The molecule has 0 unspecified atom stereocenters. The molecule has 0 N–H and O–H groups in total. The van der Waals surface area contributed by atoms with Crippen LogP contribution in [0.1, 0.15) is 10.4 Å². The van der Waals surface area contributed by atoms with Crippen molar-refractivity contribution in [3.63, 3.8) is 0 Å². The molecule has 0 saturated heterocycles. The van der Waals surface area contributed by atoms with Gasteiger partial charge in [-0.2, -0.15) is 0 Å². The fourth-order valence-electron chi connectivity index (χ4n) is 1.59. The molecule has 0 aromatic heterocycles. The number of aldehydes is 1. The third-order valence-corrected chi connectivity index (χ3v) is 2.76. The van der Waals surface area contributed by atoms with Crippen LogP contribution >= 0.6 is 11.6 Å². The Morgan fingerprint density at radius 2 is 1.61 bits per heavy atom. The molecule has 5 heteroatoms. The van der Waals surface area contributed by atoms with Crippen molar-refractivity contribution in [1.82, 2.24) is 0 Å². The first kappa shape index (κ1) is 12.6. The molecule has 0 saturated carbocycles. The fraction of sp³-hybridized carbons (Fsp3) is 0. The van der Waals surface area contributed by atoms with Gasteiger partial charge in [-0.25, -0.2) is 13.2 Å². The molecule has 18 heavy (non-hydrogen) atoms. The van der Waals surface area contributed by atoms with E-state index in [9.17, 15) is 18.0 Å². The summed E-state index contributed by atoms with van der Waals surface area (Å²) in [5.41, 5.74) is 0.329. The molecule has 92 valence electrons. The molecule has 2 aromatic rings. The Morgan fingerprint density at radius 3 is 2.28 bits per heavy atom. The van der Waals surface area contributed by atoms with Crippen molar-refractivity contribution >= 4 is 17.9 Å². The first-order valence-electron chi connectivity index (χ1n) is 4.92. The third-order valence-electron chi connectivity index (χ3n) is 2.44. The van der Waals surface area contributed by atoms with Gasteiger partial charge in [0, 0.05) is 11.1 Å². The Bertz CT molecular complexity index is 626. The smallest absolute Gasteiger partial charge is 0.160 e. The number of hydrogen-bond donors (Lipinski definition) is 0. The van der Waals surface area contributed by atoms with Crippen LogP contribution in [0.2, 0.25) is 5.02 Å². The summed E-state index contributed by atoms with van der Waals surface area (Å²) < 4.78 is 39.3. The predicted molar refractivity (Wildman–Crippen MR) is 62.1 cm³/mol. The van der Waals surface area contributed by atoms with Gasteiger partial charge in [0.05, 0.1) is 5.02 Å². The monoisotopic (exact) mass is 270 g/mol. The molecule has 0 aliphatic heterocycles. The maximum atomic E-state index is 13.2. The first-order valence-corrected chi connectivity index (χ1v) is 5.30. The minimum atomic E-state index is -1.12. The second kappa shape index (κ2) is 4.82. The topological polar surface area (TPSA) is 17.1 Å². The van der Waals surface area contributed by atoms with E-state index >= 15 is 0 Å². The van der Waals surface area contributed by atoms with Gasteiger partial charge >= 0.3 is 0 Å². The molecule has 0 fully saturated rings. The number of halogens is 4. The fourth-order valence-corrected chi connectivity index (χ4v) is 1.85. The van der Waals surface area contributed by atoms with E-state index < -0.39 is 17.5 Å². The summed E-state index contributed by atoms with van der Waals surface area (Å²) >= 11 is 5.77. The van der Waals surface area contributed by atoms with Gasteiger partial charge in [-0.3, -0.25) is 4.79 Å². The normalized spacial score (nSPS) is 10.4. The average Bonchev–Trinajstić information content (AvgIpc) is 2.34. The Kier molecular flexibility index (Phi) is 3.39. The van der Waals surface area contributed by atoms with E-state index in [0.29, 0.717) is 6.29 Å². The number of carbonyl (C=O) groups is 1. The van der Waals surface area contributed by atoms with Crippen LogP contribution in [0.4, 0.5) is 13.2 Å². The molecule has 0 radical (unpaired) electrons. The van der Waals surface area contributed by atoms with Crippen molar-refractivity contribution in [2.24, 2.45) is 0 Å². The Balaban J connectivity index is 2.72. The highest BCUT2D eigenvalue weighted by Gasteiger charge is 2.13. The lowest BCUT2D eigenvalue weighted by Gasteiger charge is -2.08. The lowest BCUT2D eigenvalue weighted by atomic mass is 10.00. The Labute approximate surface area is 106 Å². The number of hydrogen-bond acceptors (Lipinski definition) is 1. The summed E-state index contributed by atoms with van der Waals surface area (Å²) in [6.45, 7) is 0. The number of carbonyl (C=O) groups excluding carboxylic acids is 1. The number of rotatable bonds is 2. The molecule has 0 atom stereocenters. The van der Waals surface area contributed by atoms with Gasteiger partial charge in [-0.1, -0.05) is 11.6 Å². The molecule has 0 amide bonds. The molecule has 2 aromatic carbocycles. The van der Waals surface area contributed by atoms with Crippen LogP contribution in [-0.2, 0) is 0 Å². The van der Waals surface area contributed by atoms with E-state index in [1.807, 2.05) is 0 Å².